The Balaban J connectivity index is 0.000000122. The third kappa shape index (κ3) is 21.5. The monoisotopic (exact) mass is 2440 g/mol. The second-order valence-electron chi connectivity index (χ2n) is 27.5. The van der Waals surface area contributed by atoms with Gasteiger partial charge in [-0.15, -0.1) is 0 Å². The number of hydrogen-bond donors (Lipinski definition) is 6. The predicted molar refractivity (Wildman–Crippen MR) is 524 cm³/mol. The Morgan fingerprint density at radius 1 is 0.231 bits per heavy atom. The van der Waals surface area contributed by atoms with Gasteiger partial charge in [0.1, 0.15) is 36.6 Å². The fourth-order valence-corrected chi connectivity index (χ4v) is 20.5. The smallest absolute Gasteiger partial charge is 0.117 e. The van der Waals surface area contributed by atoms with E-state index in [-0.39, 0.29) is 0 Å². The van der Waals surface area contributed by atoms with Crippen LogP contribution in [0.25, 0.3) is 0 Å². The molecule has 594 valence electrons. The number of aliphatic hydroxyl groups is 6. The van der Waals surface area contributed by atoms with E-state index < -0.39 is 36.6 Å². The molecule has 12 aromatic rings. The van der Waals surface area contributed by atoms with Crippen molar-refractivity contribution < 1.29 is 30.6 Å². The molecule has 18 rings (SSSR count). The molecule has 26 heteroatoms. The number of halogens is 14. The van der Waals surface area contributed by atoms with E-state index in [4.69, 9.17) is 0 Å². The molecule has 0 amide bonds. The lowest BCUT2D eigenvalue weighted by Gasteiger charge is -2.11. The quantitative estimate of drug-likeness (QED) is 0.0520. The minimum absolute atomic E-state index is 0.614. The van der Waals surface area contributed by atoms with Crippen LogP contribution in [0.5, 0.6) is 0 Å². The Morgan fingerprint density at radius 3 is 0.974 bits per heavy atom. The summed E-state index contributed by atoms with van der Waals surface area (Å²) in [5.74, 6) is 0. The number of aryl methyl sites for hydroxylation is 1. The van der Waals surface area contributed by atoms with Crippen LogP contribution in [0.15, 0.2) is 329 Å². The van der Waals surface area contributed by atoms with Crippen molar-refractivity contribution in [3.05, 3.63) is 372 Å². The molecule has 0 radical (unpaired) electrons. The van der Waals surface area contributed by atoms with Crippen LogP contribution in [0.3, 0.4) is 0 Å². The van der Waals surface area contributed by atoms with Crippen molar-refractivity contribution in [1.29, 1.82) is 0 Å². The summed E-state index contributed by atoms with van der Waals surface area (Å²) in [7, 11) is 0. The van der Waals surface area contributed by atoms with Crippen LogP contribution in [-0.4, -0.2) is 64.9 Å². The molecule has 6 N–H and O–H groups in total. The number of nitrogens with zero attached hydrogens (tertiary/aromatic N) is 6. The molecular formula is C91H66Br14N6O6. The first-order valence-electron chi connectivity index (χ1n) is 36.3. The summed E-state index contributed by atoms with van der Waals surface area (Å²) in [4.78, 5) is 27.5. The van der Waals surface area contributed by atoms with E-state index in [1.807, 2.05) is 231 Å². The summed E-state index contributed by atoms with van der Waals surface area (Å²) >= 11 is 49.3. The van der Waals surface area contributed by atoms with Crippen LogP contribution in [0, 0.1) is 6.92 Å². The summed E-state index contributed by atoms with van der Waals surface area (Å²) < 4.78 is 13.5. The Morgan fingerprint density at radius 2 is 0.521 bits per heavy atom. The van der Waals surface area contributed by atoms with Crippen LogP contribution in [0.1, 0.15) is 109 Å². The highest BCUT2D eigenvalue weighted by atomic mass is 79.9. The van der Waals surface area contributed by atoms with Gasteiger partial charge in [0.2, 0.25) is 0 Å². The van der Waals surface area contributed by atoms with Crippen molar-refractivity contribution in [3.8, 4) is 0 Å². The first-order valence-corrected chi connectivity index (χ1v) is 47.4. The van der Waals surface area contributed by atoms with Crippen molar-refractivity contribution in [3.63, 3.8) is 0 Å². The number of aliphatic imine (C=N–C) groups is 6. The normalized spacial score (nSPS) is 14.9. The molecule has 12 aromatic carbocycles. The molecule has 0 aromatic heterocycles. The largest absolute Gasteiger partial charge is 0.382 e. The average molecular weight is 2460 g/mol. The minimum atomic E-state index is -0.685. The minimum Gasteiger partial charge on any atom is -0.382 e. The third-order valence-corrected chi connectivity index (χ3v) is 34.4. The highest BCUT2D eigenvalue weighted by Crippen LogP contribution is 2.51. The van der Waals surface area contributed by atoms with Crippen molar-refractivity contribution in [2.75, 3.05) is 0 Å². The van der Waals surface area contributed by atoms with Crippen LogP contribution in [0.4, 0.5) is 34.1 Å². The van der Waals surface area contributed by atoms with Gasteiger partial charge >= 0.3 is 0 Å². The highest BCUT2D eigenvalue weighted by molar-refractivity contribution is 9.16. The van der Waals surface area contributed by atoms with Crippen LogP contribution in [0.2, 0.25) is 0 Å². The molecule has 0 spiro atoms. The molecule has 0 saturated carbocycles. The molecule has 6 atom stereocenters. The fraction of sp³-hybridized carbons (Fsp3) is 0.143. The third-order valence-electron chi connectivity index (χ3n) is 19.7. The maximum absolute atomic E-state index is 10.5. The number of benzene rings is 12. The van der Waals surface area contributed by atoms with Gasteiger partial charge in [-0.2, -0.15) is 0 Å². The van der Waals surface area contributed by atoms with Crippen LogP contribution in [-0.2, 0) is 38.5 Å². The molecule has 6 aliphatic heterocycles. The molecule has 0 saturated heterocycles. The number of rotatable bonds is 12. The predicted octanol–water partition coefficient (Wildman–Crippen LogP) is 29.3. The maximum Gasteiger partial charge on any atom is 0.117 e. The van der Waals surface area contributed by atoms with Gasteiger partial charge in [0.05, 0.1) is 77.3 Å². The average Bonchev–Trinajstić information content (AvgIpc) is 1.64. The summed E-state index contributed by atoms with van der Waals surface area (Å²) in [5, 5.41) is 62.5. The Labute approximate surface area is 795 Å². The molecule has 0 aliphatic carbocycles. The molecule has 6 heterocycles. The molecule has 6 unspecified atom stereocenters. The van der Waals surface area contributed by atoms with E-state index in [0.717, 1.165) is 199 Å². The van der Waals surface area contributed by atoms with Gasteiger partial charge < -0.3 is 30.6 Å². The second kappa shape index (κ2) is 41.1. The van der Waals surface area contributed by atoms with E-state index in [9.17, 15) is 30.6 Å². The number of aliphatic hydroxyl groups excluding tert-OH is 6. The molecule has 12 nitrogen and oxygen atoms in total. The van der Waals surface area contributed by atoms with Crippen LogP contribution < -0.4 is 0 Å². The second-order valence-corrected chi connectivity index (χ2v) is 39.0. The van der Waals surface area contributed by atoms with Crippen molar-refractivity contribution in [2.45, 2.75) is 82.1 Å². The summed E-state index contributed by atoms with van der Waals surface area (Å²) in [6.07, 6.45) is 0.192. The molecule has 0 fully saturated rings. The zero-order valence-corrected chi connectivity index (χ0v) is 83.6. The Kier molecular flexibility index (Phi) is 31.6. The van der Waals surface area contributed by atoms with E-state index in [1.54, 1.807) is 0 Å². The summed E-state index contributed by atoms with van der Waals surface area (Å²) in [6.45, 7) is 2.05. The van der Waals surface area contributed by atoms with E-state index >= 15 is 0 Å². The van der Waals surface area contributed by atoms with Gasteiger partial charge in [0.25, 0.3) is 0 Å². The molecule has 117 heavy (non-hydrogen) atoms. The lowest BCUT2D eigenvalue weighted by Crippen LogP contribution is -2.12. The number of hydrogen-bond acceptors (Lipinski definition) is 12. The van der Waals surface area contributed by atoms with Gasteiger partial charge in [-0.3, -0.25) is 30.0 Å². The Hall–Kier alpha value is -4.86. The topological polar surface area (TPSA) is 196 Å². The van der Waals surface area contributed by atoms with E-state index in [1.165, 1.54) is 11.1 Å². The van der Waals surface area contributed by atoms with Gasteiger partial charge in [-0.05, 0) is 313 Å². The molecule has 0 bridgehead atoms. The highest BCUT2D eigenvalue weighted by Gasteiger charge is 2.32. The van der Waals surface area contributed by atoms with E-state index in [0.29, 0.717) is 32.1 Å². The first-order chi connectivity index (χ1) is 56.2. The van der Waals surface area contributed by atoms with Crippen molar-refractivity contribution >= 4 is 291 Å². The molecular weight excluding hydrogens is 2390 g/mol. The zero-order valence-electron chi connectivity index (χ0n) is 61.4. The van der Waals surface area contributed by atoms with Crippen molar-refractivity contribution in [1.82, 2.24) is 0 Å². The lowest BCUT2D eigenvalue weighted by molar-refractivity contribution is 0.246. The SMILES string of the molecule is Cc1cc2c(cc1Br)CC(C(O)c1ccccc1)=N2.OC(C1=Nc2c(Br)c(Br)c(Br)c(Br)c2C1)c1ccccc1.OC(C1=Nc2c(cc(Br)c(Br)c2Br)C1)c1ccccc1.OC(C1=Nc2cc(Br)c(Br)c(Br)c2C1)c1ccccc1.OC(C1=Nc2cc(Br)c(Br)cc2C1)c1ccccc1.OC(C1=Nc2cc(Br)ccc2C1)c1ccccc1. The van der Waals surface area contributed by atoms with E-state index in [2.05, 4.69) is 265 Å². The lowest BCUT2D eigenvalue weighted by atomic mass is 10.0. The van der Waals surface area contributed by atoms with Gasteiger partial charge in [-0.25, -0.2) is 0 Å². The van der Waals surface area contributed by atoms with Gasteiger partial charge in [0.15, 0.2) is 0 Å². The van der Waals surface area contributed by atoms with Gasteiger partial charge in [-0.1, -0.05) is 220 Å². The standard InChI is InChI=1S/C16H14BrNO.C15H9Br4NO.2C15H10Br3NO.C15H11Br2NO.C15H12BrNO/c1-10-7-14-12(8-13(10)17)9-15(18-14)16(19)11-5-3-2-4-6-11;16-10-8-6-9(15(21)7-4-2-1-3-5-7)20-14(8)13(19)12(18)11(10)17;16-10-7-11-9(13(17)14(10)18)6-12(19-11)15(20)8-4-2-1-3-5-8;16-10-6-9-7-11(19-14(9)13(18)12(10)17)15(20)8-4-2-1-3-5-8;16-11-6-10-7-14(18-13(10)8-12(11)17)15(19)9-4-2-1-3-5-9;16-12-7-6-11-8-14(17-13(11)9-12)15(18)10-4-2-1-3-5-10/h2-8,16,19H,9H2,1H3;1-5,15,21H,6H2;1-5,7,15,20H,6H2;1-6,15,20H,7H2;1-6,8,15,19H,7H2;1-7,9,15,18H,8H2. The summed E-state index contributed by atoms with van der Waals surface area (Å²) in [5.41, 5.74) is 23.4. The first kappa shape index (κ1) is 89.9. The summed E-state index contributed by atoms with van der Waals surface area (Å²) in [6, 6.07) is 76.0. The fourth-order valence-electron chi connectivity index (χ4n) is 13.5. The van der Waals surface area contributed by atoms with Crippen molar-refractivity contribution in [2.24, 2.45) is 30.0 Å². The number of fused-ring (bicyclic) bond motifs is 6. The van der Waals surface area contributed by atoms with Gasteiger partial charge in [0, 0.05) is 97.8 Å². The van der Waals surface area contributed by atoms with Crippen LogP contribution >= 0.6 is 223 Å². The Bertz CT molecular complexity index is 5790. The zero-order chi connectivity index (χ0) is 83.0. The molecule has 6 aliphatic rings. The maximum atomic E-state index is 10.5.